The number of carbonyl (C=O) groups is 1. The minimum Gasteiger partial charge on any atom is -0.368 e. The molecule has 0 unspecified atom stereocenters. The maximum Gasteiger partial charge on any atom is 0.251 e. The minimum atomic E-state index is -0.0516. The third kappa shape index (κ3) is 4.30. The summed E-state index contributed by atoms with van der Waals surface area (Å²) in [5.41, 5.74) is 1.85. The van der Waals surface area contributed by atoms with Gasteiger partial charge < -0.3 is 15.1 Å². The largest absolute Gasteiger partial charge is 0.368 e. The van der Waals surface area contributed by atoms with E-state index in [2.05, 4.69) is 32.2 Å². The molecule has 0 radical (unpaired) electrons. The van der Waals surface area contributed by atoms with Gasteiger partial charge in [0, 0.05) is 60.1 Å². The van der Waals surface area contributed by atoms with E-state index in [1.165, 1.54) is 5.69 Å². The van der Waals surface area contributed by atoms with E-state index in [0.29, 0.717) is 5.56 Å². The van der Waals surface area contributed by atoms with Crippen LogP contribution in [0, 0.1) is 0 Å². The van der Waals surface area contributed by atoms with E-state index >= 15 is 0 Å². The summed E-state index contributed by atoms with van der Waals surface area (Å²) in [4.78, 5) is 21.8. The summed E-state index contributed by atoms with van der Waals surface area (Å²) in [5.74, 6) is 0.890. The summed E-state index contributed by atoms with van der Waals surface area (Å²) >= 11 is 6.01. The molecule has 1 aliphatic rings. The molecule has 3 aromatic rings. The Bertz CT molecular complexity index is 1010. The van der Waals surface area contributed by atoms with Crippen LogP contribution in [0.1, 0.15) is 24.2 Å². The molecule has 1 aliphatic heterocycles. The molecule has 0 aliphatic carbocycles. The fourth-order valence-electron chi connectivity index (χ4n) is 3.72. The van der Waals surface area contributed by atoms with E-state index < -0.39 is 0 Å². The molecular formula is C23H25ClN4O. The lowest BCUT2D eigenvalue weighted by Gasteiger charge is -2.37. The van der Waals surface area contributed by atoms with Gasteiger partial charge in [-0.3, -0.25) is 4.79 Å². The van der Waals surface area contributed by atoms with Crippen molar-refractivity contribution in [3.05, 3.63) is 65.3 Å². The number of piperazine rings is 1. The highest BCUT2D eigenvalue weighted by atomic mass is 35.5. The number of hydrogen-bond acceptors (Lipinski definition) is 4. The van der Waals surface area contributed by atoms with Crippen LogP contribution in [-0.2, 0) is 0 Å². The lowest BCUT2D eigenvalue weighted by molar-refractivity contribution is 0.0943. The van der Waals surface area contributed by atoms with E-state index in [1.54, 1.807) is 0 Å². The molecule has 2 heterocycles. The average Bonchev–Trinajstić information content (AvgIpc) is 2.73. The van der Waals surface area contributed by atoms with Crippen LogP contribution >= 0.6 is 11.6 Å². The molecule has 1 aromatic heterocycles. The number of anilines is 2. The van der Waals surface area contributed by atoms with Crippen LogP contribution < -0.4 is 15.1 Å². The van der Waals surface area contributed by atoms with E-state index in [0.717, 1.165) is 47.8 Å². The number of rotatable bonds is 4. The van der Waals surface area contributed by atoms with Gasteiger partial charge in [0.15, 0.2) is 0 Å². The Morgan fingerprint density at radius 3 is 2.38 bits per heavy atom. The van der Waals surface area contributed by atoms with Gasteiger partial charge in [-0.15, -0.1) is 0 Å². The second-order valence-corrected chi connectivity index (χ2v) is 8.09. The molecule has 6 heteroatoms. The van der Waals surface area contributed by atoms with Gasteiger partial charge in [-0.25, -0.2) is 4.98 Å². The Labute approximate surface area is 176 Å². The van der Waals surface area contributed by atoms with E-state index in [9.17, 15) is 4.79 Å². The SMILES string of the molecule is CC(C)NC(=O)c1ccc2ccnc(N3CCN(c4ccc(Cl)cc4)CC3)c2c1. The first-order chi connectivity index (χ1) is 14.0. The molecule has 5 nitrogen and oxygen atoms in total. The Morgan fingerprint density at radius 1 is 1.00 bits per heavy atom. The lowest BCUT2D eigenvalue weighted by atomic mass is 10.1. The fraction of sp³-hybridized carbons (Fsp3) is 0.304. The van der Waals surface area contributed by atoms with Crippen molar-refractivity contribution in [2.45, 2.75) is 19.9 Å². The van der Waals surface area contributed by atoms with Gasteiger partial charge in [0.05, 0.1) is 0 Å². The smallest absolute Gasteiger partial charge is 0.251 e. The normalized spacial score (nSPS) is 14.5. The maximum absolute atomic E-state index is 12.4. The van der Waals surface area contributed by atoms with Crippen LogP contribution in [-0.4, -0.2) is 43.1 Å². The van der Waals surface area contributed by atoms with Crippen molar-refractivity contribution in [3.8, 4) is 0 Å². The molecule has 4 rings (SSSR count). The van der Waals surface area contributed by atoms with Gasteiger partial charge in [-0.1, -0.05) is 17.7 Å². The molecule has 0 bridgehead atoms. The Hall–Kier alpha value is -2.79. The van der Waals surface area contributed by atoms with Crippen molar-refractivity contribution in [2.75, 3.05) is 36.0 Å². The van der Waals surface area contributed by atoms with Crippen LogP contribution in [0.2, 0.25) is 5.02 Å². The van der Waals surface area contributed by atoms with Crippen molar-refractivity contribution in [2.24, 2.45) is 0 Å². The summed E-state index contributed by atoms with van der Waals surface area (Å²) in [7, 11) is 0. The van der Waals surface area contributed by atoms with Gasteiger partial charge in [0.1, 0.15) is 5.82 Å². The molecule has 2 aromatic carbocycles. The summed E-state index contributed by atoms with van der Waals surface area (Å²) in [6, 6.07) is 15.9. The van der Waals surface area contributed by atoms with Crippen molar-refractivity contribution < 1.29 is 4.79 Å². The van der Waals surface area contributed by atoms with Gasteiger partial charge >= 0.3 is 0 Å². The predicted octanol–water partition coefficient (Wildman–Crippen LogP) is 4.35. The number of aromatic nitrogens is 1. The predicted molar refractivity (Wildman–Crippen MR) is 120 cm³/mol. The molecule has 1 fully saturated rings. The molecule has 1 amide bonds. The first-order valence-corrected chi connectivity index (χ1v) is 10.3. The number of amides is 1. The zero-order valence-electron chi connectivity index (χ0n) is 16.7. The van der Waals surface area contributed by atoms with Crippen LogP contribution in [0.25, 0.3) is 10.8 Å². The molecular weight excluding hydrogens is 384 g/mol. The van der Waals surface area contributed by atoms with Crippen LogP contribution in [0.5, 0.6) is 0 Å². The Morgan fingerprint density at radius 2 is 1.69 bits per heavy atom. The number of hydrogen-bond donors (Lipinski definition) is 1. The first-order valence-electron chi connectivity index (χ1n) is 9.96. The molecule has 0 atom stereocenters. The maximum atomic E-state index is 12.4. The van der Waals surface area contributed by atoms with Gasteiger partial charge in [0.25, 0.3) is 5.91 Å². The molecule has 150 valence electrons. The highest BCUT2D eigenvalue weighted by molar-refractivity contribution is 6.30. The highest BCUT2D eigenvalue weighted by Gasteiger charge is 2.20. The van der Waals surface area contributed by atoms with E-state index in [-0.39, 0.29) is 11.9 Å². The number of carbonyl (C=O) groups excluding carboxylic acids is 1. The van der Waals surface area contributed by atoms with Crippen LogP contribution in [0.3, 0.4) is 0 Å². The second kappa shape index (κ2) is 8.29. The first kappa shape index (κ1) is 19.5. The molecule has 29 heavy (non-hydrogen) atoms. The van der Waals surface area contributed by atoms with Crippen molar-refractivity contribution >= 4 is 39.8 Å². The standard InChI is InChI=1S/C23H25ClN4O/c1-16(2)26-23(29)18-4-3-17-9-10-25-22(21(17)15-18)28-13-11-27(12-14-28)20-7-5-19(24)6-8-20/h3-10,15-16H,11-14H2,1-2H3,(H,26,29). The molecule has 0 saturated carbocycles. The topological polar surface area (TPSA) is 48.5 Å². The Kier molecular flexibility index (Phi) is 5.58. The highest BCUT2D eigenvalue weighted by Crippen LogP contribution is 2.28. The third-order valence-corrected chi connectivity index (χ3v) is 5.45. The summed E-state index contributed by atoms with van der Waals surface area (Å²) in [5, 5.41) is 5.83. The lowest BCUT2D eigenvalue weighted by Crippen LogP contribution is -2.46. The quantitative estimate of drug-likeness (QED) is 0.697. The molecule has 0 spiro atoms. The number of halogens is 1. The number of nitrogens with one attached hydrogen (secondary N) is 1. The number of nitrogens with zero attached hydrogens (tertiary/aromatic N) is 3. The number of pyridine rings is 1. The van der Waals surface area contributed by atoms with Crippen molar-refractivity contribution in [3.63, 3.8) is 0 Å². The van der Waals surface area contributed by atoms with Crippen molar-refractivity contribution in [1.82, 2.24) is 10.3 Å². The zero-order valence-corrected chi connectivity index (χ0v) is 17.5. The van der Waals surface area contributed by atoms with E-state index in [1.807, 2.05) is 56.4 Å². The van der Waals surface area contributed by atoms with Crippen molar-refractivity contribution in [1.29, 1.82) is 0 Å². The summed E-state index contributed by atoms with van der Waals surface area (Å²) in [6.07, 6.45) is 1.84. The monoisotopic (exact) mass is 408 g/mol. The second-order valence-electron chi connectivity index (χ2n) is 7.65. The number of benzene rings is 2. The average molecular weight is 409 g/mol. The molecule has 1 saturated heterocycles. The van der Waals surface area contributed by atoms with Gasteiger partial charge in [0.2, 0.25) is 0 Å². The minimum absolute atomic E-state index is 0.0516. The van der Waals surface area contributed by atoms with Gasteiger partial charge in [-0.2, -0.15) is 0 Å². The number of fused-ring (bicyclic) bond motifs is 1. The van der Waals surface area contributed by atoms with E-state index in [4.69, 9.17) is 11.6 Å². The molecule has 1 N–H and O–H groups in total. The summed E-state index contributed by atoms with van der Waals surface area (Å²) in [6.45, 7) is 7.49. The van der Waals surface area contributed by atoms with Crippen LogP contribution in [0.4, 0.5) is 11.5 Å². The van der Waals surface area contributed by atoms with Gasteiger partial charge in [-0.05, 0) is 61.7 Å². The Balaban J connectivity index is 1.56. The third-order valence-electron chi connectivity index (χ3n) is 5.20. The fourth-order valence-corrected chi connectivity index (χ4v) is 3.85. The summed E-state index contributed by atoms with van der Waals surface area (Å²) < 4.78 is 0. The zero-order chi connectivity index (χ0) is 20.4. The van der Waals surface area contributed by atoms with Crippen LogP contribution in [0.15, 0.2) is 54.7 Å².